The number of furan rings is 1. The Labute approximate surface area is 145 Å². The highest BCUT2D eigenvalue weighted by molar-refractivity contribution is 5.94. The summed E-state index contributed by atoms with van der Waals surface area (Å²) >= 11 is 0. The van der Waals surface area contributed by atoms with E-state index >= 15 is 0 Å². The van der Waals surface area contributed by atoms with Crippen molar-refractivity contribution < 1.29 is 19.1 Å². The van der Waals surface area contributed by atoms with Crippen LogP contribution in [0.4, 0.5) is 0 Å². The molecule has 7 heteroatoms. The molecule has 2 aromatic rings. The van der Waals surface area contributed by atoms with E-state index in [1.165, 1.54) is 11.2 Å². The van der Waals surface area contributed by atoms with E-state index in [1.807, 2.05) is 19.2 Å². The molecule has 0 bridgehead atoms. The Morgan fingerprint density at radius 2 is 2.24 bits per heavy atom. The van der Waals surface area contributed by atoms with Gasteiger partial charge in [-0.15, -0.1) is 0 Å². The highest BCUT2D eigenvalue weighted by atomic mass is 16.4. The van der Waals surface area contributed by atoms with Gasteiger partial charge in [0.1, 0.15) is 6.04 Å². The van der Waals surface area contributed by atoms with Crippen molar-refractivity contribution in [3.05, 3.63) is 54.2 Å². The van der Waals surface area contributed by atoms with Crippen molar-refractivity contribution in [3.8, 4) is 0 Å². The van der Waals surface area contributed by atoms with Crippen LogP contribution in [0.2, 0.25) is 0 Å². The van der Waals surface area contributed by atoms with Crippen LogP contribution in [-0.2, 0) is 11.3 Å². The standard InChI is InChI=1S/C18H21N3O4/c1-20(12-13-4-2-7-19-11-13)14-6-8-21(15(10-14)18(23)24)17(22)16-5-3-9-25-16/h2-5,7,9,11,14-15H,6,8,10,12H2,1H3,(H,23,24)/t14-,15+/m0/s1. The molecule has 1 N–H and O–H groups in total. The van der Waals surface area contributed by atoms with Gasteiger partial charge < -0.3 is 14.4 Å². The molecule has 1 aliphatic rings. The number of carboxylic acids is 1. The number of rotatable bonds is 5. The minimum Gasteiger partial charge on any atom is -0.480 e. The summed E-state index contributed by atoms with van der Waals surface area (Å²) in [6.45, 7) is 1.08. The van der Waals surface area contributed by atoms with Crippen LogP contribution >= 0.6 is 0 Å². The molecule has 2 aromatic heterocycles. The Balaban J connectivity index is 1.68. The fourth-order valence-corrected chi connectivity index (χ4v) is 3.27. The number of amides is 1. The number of nitrogens with zero attached hydrogens (tertiary/aromatic N) is 3. The smallest absolute Gasteiger partial charge is 0.326 e. The molecule has 1 saturated heterocycles. The van der Waals surface area contributed by atoms with Gasteiger partial charge in [0.05, 0.1) is 6.26 Å². The summed E-state index contributed by atoms with van der Waals surface area (Å²) in [6, 6.07) is 6.29. The topological polar surface area (TPSA) is 86.9 Å². The summed E-state index contributed by atoms with van der Waals surface area (Å²) in [6.07, 6.45) is 6.05. The quantitative estimate of drug-likeness (QED) is 0.892. The van der Waals surface area contributed by atoms with Gasteiger partial charge in [-0.1, -0.05) is 6.07 Å². The van der Waals surface area contributed by atoms with Crippen molar-refractivity contribution in [2.24, 2.45) is 0 Å². The van der Waals surface area contributed by atoms with Crippen LogP contribution in [0, 0.1) is 0 Å². The van der Waals surface area contributed by atoms with Gasteiger partial charge in [-0.3, -0.25) is 14.7 Å². The number of aliphatic carboxylic acids is 1. The summed E-state index contributed by atoms with van der Waals surface area (Å²) < 4.78 is 5.13. The van der Waals surface area contributed by atoms with Crippen LogP contribution in [0.15, 0.2) is 47.3 Å². The third kappa shape index (κ3) is 3.88. The molecular weight excluding hydrogens is 322 g/mol. The fourth-order valence-electron chi connectivity index (χ4n) is 3.27. The number of carbonyl (C=O) groups is 2. The van der Waals surface area contributed by atoms with Crippen molar-refractivity contribution in [2.45, 2.75) is 31.5 Å². The average Bonchev–Trinajstić information content (AvgIpc) is 3.16. The Hall–Kier alpha value is -2.67. The Morgan fingerprint density at radius 3 is 2.88 bits per heavy atom. The summed E-state index contributed by atoms with van der Waals surface area (Å²) in [5, 5.41) is 9.59. The second-order valence-corrected chi connectivity index (χ2v) is 6.28. The van der Waals surface area contributed by atoms with E-state index in [0.29, 0.717) is 25.9 Å². The first-order chi connectivity index (χ1) is 12.1. The molecule has 1 fully saturated rings. The predicted molar refractivity (Wildman–Crippen MR) is 89.9 cm³/mol. The number of hydrogen-bond donors (Lipinski definition) is 1. The van der Waals surface area contributed by atoms with E-state index in [4.69, 9.17) is 4.42 Å². The van der Waals surface area contributed by atoms with E-state index in [-0.39, 0.29) is 17.7 Å². The van der Waals surface area contributed by atoms with E-state index < -0.39 is 12.0 Å². The molecule has 0 aromatic carbocycles. The SMILES string of the molecule is CN(Cc1cccnc1)[C@H]1CCN(C(=O)c2ccco2)[C@@H](C(=O)O)C1. The number of hydrogen-bond acceptors (Lipinski definition) is 5. The second-order valence-electron chi connectivity index (χ2n) is 6.28. The number of carbonyl (C=O) groups excluding carboxylic acids is 1. The molecule has 7 nitrogen and oxygen atoms in total. The normalized spacial score (nSPS) is 20.6. The lowest BCUT2D eigenvalue weighted by atomic mass is 9.95. The molecule has 3 heterocycles. The largest absolute Gasteiger partial charge is 0.480 e. The summed E-state index contributed by atoms with van der Waals surface area (Å²) in [4.78, 5) is 31.8. The highest BCUT2D eigenvalue weighted by Crippen LogP contribution is 2.24. The van der Waals surface area contributed by atoms with E-state index in [0.717, 1.165) is 5.56 Å². The number of likely N-dealkylation sites (tertiary alicyclic amines) is 1. The second kappa shape index (κ2) is 7.48. The zero-order valence-corrected chi connectivity index (χ0v) is 14.0. The van der Waals surface area contributed by atoms with Gasteiger partial charge in [-0.2, -0.15) is 0 Å². The third-order valence-electron chi connectivity index (χ3n) is 4.63. The van der Waals surface area contributed by atoms with Gasteiger partial charge in [0.2, 0.25) is 0 Å². The van der Waals surface area contributed by atoms with E-state index in [9.17, 15) is 14.7 Å². The fraction of sp³-hybridized carbons (Fsp3) is 0.389. The van der Waals surface area contributed by atoms with Gasteiger partial charge in [0.15, 0.2) is 5.76 Å². The lowest BCUT2D eigenvalue weighted by molar-refractivity contribution is -0.144. The molecule has 3 rings (SSSR count). The van der Waals surface area contributed by atoms with Crippen molar-refractivity contribution in [1.29, 1.82) is 0 Å². The number of aromatic nitrogens is 1. The lowest BCUT2D eigenvalue weighted by Gasteiger charge is -2.40. The molecule has 0 unspecified atom stereocenters. The molecule has 132 valence electrons. The monoisotopic (exact) mass is 343 g/mol. The summed E-state index contributed by atoms with van der Waals surface area (Å²) in [5.41, 5.74) is 1.07. The molecule has 0 saturated carbocycles. The Kier molecular flexibility index (Phi) is 5.14. The lowest BCUT2D eigenvalue weighted by Crippen LogP contribution is -2.54. The number of pyridine rings is 1. The minimum absolute atomic E-state index is 0.0851. The van der Waals surface area contributed by atoms with Gasteiger partial charge in [-0.05, 0) is 43.7 Å². The van der Waals surface area contributed by atoms with Gasteiger partial charge in [0.25, 0.3) is 5.91 Å². The first kappa shape index (κ1) is 17.2. The van der Waals surface area contributed by atoms with Crippen LogP contribution in [0.3, 0.4) is 0 Å². The predicted octanol–water partition coefficient (Wildman–Crippen LogP) is 1.86. The first-order valence-electron chi connectivity index (χ1n) is 8.22. The maximum absolute atomic E-state index is 12.5. The van der Waals surface area contributed by atoms with Gasteiger partial charge in [0, 0.05) is 31.5 Å². The summed E-state index contributed by atoms with van der Waals surface area (Å²) in [7, 11) is 1.97. The van der Waals surface area contributed by atoms with Gasteiger partial charge in [-0.25, -0.2) is 4.79 Å². The first-order valence-corrected chi connectivity index (χ1v) is 8.22. The van der Waals surface area contributed by atoms with Crippen LogP contribution in [0.25, 0.3) is 0 Å². The average molecular weight is 343 g/mol. The van der Waals surface area contributed by atoms with Crippen molar-refractivity contribution in [1.82, 2.24) is 14.8 Å². The summed E-state index contributed by atoms with van der Waals surface area (Å²) in [5.74, 6) is -1.18. The zero-order valence-electron chi connectivity index (χ0n) is 14.0. The Bertz CT molecular complexity index is 717. The highest BCUT2D eigenvalue weighted by Gasteiger charge is 2.38. The minimum atomic E-state index is -0.987. The van der Waals surface area contributed by atoms with Crippen molar-refractivity contribution in [3.63, 3.8) is 0 Å². The zero-order chi connectivity index (χ0) is 17.8. The maximum atomic E-state index is 12.5. The van der Waals surface area contributed by atoms with Crippen LogP contribution < -0.4 is 0 Å². The molecule has 2 atom stereocenters. The molecule has 0 aliphatic carbocycles. The van der Waals surface area contributed by atoms with Crippen molar-refractivity contribution >= 4 is 11.9 Å². The van der Waals surface area contributed by atoms with Crippen LogP contribution in [0.1, 0.15) is 29.0 Å². The number of piperidine rings is 1. The molecule has 25 heavy (non-hydrogen) atoms. The van der Waals surface area contributed by atoms with Gasteiger partial charge >= 0.3 is 5.97 Å². The number of carboxylic acid groups (broad SMARTS) is 1. The molecule has 0 spiro atoms. The van der Waals surface area contributed by atoms with Crippen LogP contribution in [-0.4, -0.2) is 57.4 Å². The third-order valence-corrected chi connectivity index (χ3v) is 4.63. The Morgan fingerprint density at radius 1 is 1.40 bits per heavy atom. The molecule has 1 amide bonds. The maximum Gasteiger partial charge on any atom is 0.326 e. The molecule has 0 radical (unpaired) electrons. The molecular formula is C18H21N3O4. The molecule has 1 aliphatic heterocycles. The van der Waals surface area contributed by atoms with Crippen molar-refractivity contribution in [2.75, 3.05) is 13.6 Å². The van der Waals surface area contributed by atoms with Crippen LogP contribution in [0.5, 0.6) is 0 Å². The van der Waals surface area contributed by atoms with E-state index in [2.05, 4.69) is 9.88 Å². The van der Waals surface area contributed by atoms with E-state index in [1.54, 1.807) is 24.5 Å².